The Balaban J connectivity index is 1.78. The number of ketones is 1. The zero-order valence-corrected chi connectivity index (χ0v) is 8.22. The largest absolute Gasteiger partial charge is 0.300 e. The van der Waals surface area contributed by atoms with E-state index >= 15 is 0 Å². The summed E-state index contributed by atoms with van der Waals surface area (Å²) in [6, 6.07) is 0. The molecular formula is C12H18O. The molecule has 0 saturated heterocycles. The standard InChI is InChI=1S/C12H18O/c13-11-4-5-12(8-11)6-9-2-1-3-10(9)7-12/h9-10H,1-8H2/t9-,10-/m0/s1. The topological polar surface area (TPSA) is 17.1 Å². The van der Waals surface area contributed by atoms with Crippen molar-refractivity contribution in [3.05, 3.63) is 0 Å². The maximum Gasteiger partial charge on any atom is 0.133 e. The number of hydrogen-bond acceptors (Lipinski definition) is 1. The van der Waals surface area contributed by atoms with E-state index in [1.54, 1.807) is 0 Å². The Morgan fingerprint density at radius 1 is 1.15 bits per heavy atom. The molecule has 1 nitrogen and oxygen atoms in total. The maximum absolute atomic E-state index is 11.3. The normalized spacial score (nSPS) is 41.7. The molecule has 1 spiro atoms. The van der Waals surface area contributed by atoms with Gasteiger partial charge in [0, 0.05) is 12.8 Å². The molecule has 0 heterocycles. The maximum atomic E-state index is 11.3. The molecule has 0 aromatic rings. The minimum absolute atomic E-state index is 0.507. The molecule has 3 fully saturated rings. The molecule has 72 valence electrons. The molecule has 0 aliphatic heterocycles. The molecule has 0 unspecified atom stereocenters. The lowest BCUT2D eigenvalue weighted by atomic mass is 9.82. The Morgan fingerprint density at radius 2 is 1.85 bits per heavy atom. The summed E-state index contributed by atoms with van der Waals surface area (Å²) in [5.74, 6) is 2.55. The van der Waals surface area contributed by atoms with Gasteiger partial charge >= 0.3 is 0 Å². The Hall–Kier alpha value is -0.330. The highest BCUT2D eigenvalue weighted by molar-refractivity contribution is 5.81. The molecule has 3 aliphatic rings. The molecule has 13 heavy (non-hydrogen) atoms. The van der Waals surface area contributed by atoms with Crippen molar-refractivity contribution in [2.45, 2.75) is 51.4 Å². The van der Waals surface area contributed by atoms with E-state index in [0.29, 0.717) is 11.2 Å². The van der Waals surface area contributed by atoms with Crippen LogP contribution in [0.1, 0.15) is 51.4 Å². The fourth-order valence-electron chi connectivity index (χ4n) is 4.19. The summed E-state index contributed by atoms with van der Waals surface area (Å²) in [4.78, 5) is 11.3. The van der Waals surface area contributed by atoms with Crippen LogP contribution in [-0.4, -0.2) is 5.78 Å². The van der Waals surface area contributed by atoms with Crippen LogP contribution >= 0.6 is 0 Å². The summed E-state index contributed by atoms with van der Waals surface area (Å²) in [5.41, 5.74) is 0.507. The molecule has 0 aromatic heterocycles. The number of carbonyl (C=O) groups is 1. The molecule has 2 atom stereocenters. The van der Waals surface area contributed by atoms with E-state index in [4.69, 9.17) is 0 Å². The Kier molecular flexibility index (Phi) is 1.59. The van der Waals surface area contributed by atoms with Crippen molar-refractivity contribution >= 4 is 5.78 Å². The minimum atomic E-state index is 0.507. The smallest absolute Gasteiger partial charge is 0.133 e. The third-order valence-electron chi connectivity index (χ3n) is 4.71. The number of rotatable bonds is 0. The van der Waals surface area contributed by atoms with Crippen molar-refractivity contribution in [2.75, 3.05) is 0 Å². The van der Waals surface area contributed by atoms with E-state index in [-0.39, 0.29) is 0 Å². The summed E-state index contributed by atoms with van der Waals surface area (Å²) in [6.07, 6.45) is 10.2. The van der Waals surface area contributed by atoms with Gasteiger partial charge in [0.15, 0.2) is 0 Å². The lowest BCUT2D eigenvalue weighted by Gasteiger charge is -2.22. The van der Waals surface area contributed by atoms with Gasteiger partial charge in [-0.1, -0.05) is 19.3 Å². The van der Waals surface area contributed by atoms with E-state index < -0.39 is 0 Å². The first kappa shape index (κ1) is 8.02. The summed E-state index contributed by atoms with van der Waals surface area (Å²) in [5, 5.41) is 0. The van der Waals surface area contributed by atoms with Gasteiger partial charge in [-0.3, -0.25) is 4.79 Å². The van der Waals surface area contributed by atoms with Crippen molar-refractivity contribution in [2.24, 2.45) is 17.3 Å². The number of carbonyl (C=O) groups excluding carboxylic acids is 1. The van der Waals surface area contributed by atoms with E-state index in [9.17, 15) is 4.79 Å². The Morgan fingerprint density at radius 3 is 2.38 bits per heavy atom. The molecule has 0 radical (unpaired) electrons. The summed E-state index contributed by atoms with van der Waals surface area (Å²) in [6.45, 7) is 0. The molecule has 3 aliphatic carbocycles. The van der Waals surface area contributed by atoms with Crippen molar-refractivity contribution in [3.63, 3.8) is 0 Å². The third kappa shape index (κ3) is 1.16. The number of fused-ring (bicyclic) bond motifs is 1. The second-order valence-corrected chi connectivity index (χ2v) is 5.57. The van der Waals surface area contributed by atoms with Crippen molar-refractivity contribution in [1.82, 2.24) is 0 Å². The van der Waals surface area contributed by atoms with E-state index in [1.165, 1.54) is 38.5 Å². The Bertz CT molecular complexity index is 232. The van der Waals surface area contributed by atoms with Gasteiger partial charge < -0.3 is 0 Å². The van der Waals surface area contributed by atoms with Crippen LogP contribution in [-0.2, 0) is 4.79 Å². The van der Waals surface area contributed by atoms with Crippen molar-refractivity contribution in [1.29, 1.82) is 0 Å². The number of hydrogen-bond donors (Lipinski definition) is 0. The van der Waals surface area contributed by atoms with Gasteiger partial charge in [-0.2, -0.15) is 0 Å². The van der Waals surface area contributed by atoms with Crippen LogP contribution in [0, 0.1) is 17.3 Å². The van der Waals surface area contributed by atoms with Gasteiger partial charge in [0.2, 0.25) is 0 Å². The summed E-state index contributed by atoms with van der Waals surface area (Å²) >= 11 is 0. The van der Waals surface area contributed by atoms with Gasteiger partial charge in [-0.15, -0.1) is 0 Å². The average molecular weight is 178 g/mol. The lowest BCUT2D eigenvalue weighted by molar-refractivity contribution is -0.118. The minimum Gasteiger partial charge on any atom is -0.300 e. The fourth-order valence-corrected chi connectivity index (χ4v) is 4.19. The fraction of sp³-hybridized carbons (Fsp3) is 0.917. The third-order valence-corrected chi connectivity index (χ3v) is 4.71. The molecule has 3 saturated carbocycles. The predicted octanol–water partition coefficient (Wildman–Crippen LogP) is 2.94. The molecular weight excluding hydrogens is 160 g/mol. The highest BCUT2D eigenvalue weighted by Crippen LogP contribution is 2.58. The van der Waals surface area contributed by atoms with Crippen LogP contribution in [0.2, 0.25) is 0 Å². The molecule has 0 aromatic carbocycles. The van der Waals surface area contributed by atoms with Gasteiger partial charge in [0.05, 0.1) is 0 Å². The van der Waals surface area contributed by atoms with Crippen molar-refractivity contribution in [3.8, 4) is 0 Å². The quantitative estimate of drug-likeness (QED) is 0.557. The van der Waals surface area contributed by atoms with E-state index in [1.807, 2.05) is 0 Å². The molecule has 3 rings (SSSR count). The first-order valence-electron chi connectivity index (χ1n) is 5.79. The first-order valence-corrected chi connectivity index (χ1v) is 5.79. The summed E-state index contributed by atoms with van der Waals surface area (Å²) in [7, 11) is 0. The van der Waals surface area contributed by atoms with Crippen LogP contribution in [0.15, 0.2) is 0 Å². The van der Waals surface area contributed by atoms with Gasteiger partial charge in [-0.05, 0) is 36.5 Å². The zero-order valence-electron chi connectivity index (χ0n) is 8.22. The highest BCUT2D eigenvalue weighted by Gasteiger charge is 2.49. The molecule has 0 amide bonds. The first-order chi connectivity index (χ1) is 6.27. The summed E-state index contributed by atoms with van der Waals surface area (Å²) < 4.78 is 0. The van der Waals surface area contributed by atoms with Gasteiger partial charge in [-0.25, -0.2) is 0 Å². The second-order valence-electron chi connectivity index (χ2n) is 5.57. The molecule has 0 bridgehead atoms. The highest BCUT2D eigenvalue weighted by atomic mass is 16.1. The lowest BCUT2D eigenvalue weighted by Crippen LogP contribution is -2.13. The van der Waals surface area contributed by atoms with Crippen LogP contribution in [0.3, 0.4) is 0 Å². The van der Waals surface area contributed by atoms with Crippen LogP contribution in [0.5, 0.6) is 0 Å². The average Bonchev–Trinajstić information content (AvgIpc) is 2.67. The SMILES string of the molecule is O=C1CCC2(C1)C[C@@H]1CCC[C@H]1C2. The molecule has 1 heteroatoms. The zero-order chi connectivity index (χ0) is 8.89. The van der Waals surface area contributed by atoms with Crippen LogP contribution in [0.25, 0.3) is 0 Å². The van der Waals surface area contributed by atoms with Crippen molar-refractivity contribution < 1.29 is 4.79 Å². The number of Topliss-reactive ketones (excluding diaryl/α,β-unsaturated/α-hetero) is 1. The Labute approximate surface area is 79.9 Å². The van der Waals surface area contributed by atoms with Gasteiger partial charge in [0.25, 0.3) is 0 Å². The van der Waals surface area contributed by atoms with E-state index in [0.717, 1.165) is 24.7 Å². The van der Waals surface area contributed by atoms with Crippen LogP contribution in [0.4, 0.5) is 0 Å². The monoisotopic (exact) mass is 178 g/mol. The molecule has 0 N–H and O–H groups in total. The second kappa shape index (κ2) is 2.59. The van der Waals surface area contributed by atoms with Gasteiger partial charge in [0.1, 0.15) is 5.78 Å². The van der Waals surface area contributed by atoms with E-state index in [2.05, 4.69) is 0 Å². The predicted molar refractivity (Wildman–Crippen MR) is 51.4 cm³/mol. The van der Waals surface area contributed by atoms with Crippen LogP contribution < -0.4 is 0 Å².